The van der Waals surface area contributed by atoms with Gasteiger partial charge in [0.25, 0.3) is 16.4 Å². The van der Waals surface area contributed by atoms with Crippen molar-refractivity contribution in [1.29, 1.82) is 0 Å². The van der Waals surface area contributed by atoms with Crippen LogP contribution in [0, 0.1) is 5.82 Å². The standard InChI is InChI=1S/C21H16FN3O4S2/c22-14-6-2-1-5-13(14)11-17-19(27)25(21(28)31-17)10-9-23-18(26)12-30-20-24-15-7-3-4-8-16(15)29-20/h1-8,11H,9-10,12H2,(H,23,26). The molecular weight excluding hydrogens is 441 g/mol. The summed E-state index contributed by atoms with van der Waals surface area (Å²) in [6.07, 6.45) is 1.36. The van der Waals surface area contributed by atoms with Gasteiger partial charge < -0.3 is 9.73 Å². The highest BCUT2D eigenvalue weighted by Gasteiger charge is 2.34. The van der Waals surface area contributed by atoms with Crippen LogP contribution in [0.5, 0.6) is 0 Å². The highest BCUT2D eigenvalue weighted by atomic mass is 32.2. The van der Waals surface area contributed by atoms with Crippen molar-refractivity contribution in [2.24, 2.45) is 0 Å². The van der Waals surface area contributed by atoms with E-state index in [2.05, 4.69) is 10.3 Å². The number of oxazole rings is 1. The first-order chi connectivity index (χ1) is 15.0. The lowest BCUT2D eigenvalue weighted by molar-refractivity contribution is -0.123. The summed E-state index contributed by atoms with van der Waals surface area (Å²) in [6, 6.07) is 13.3. The zero-order valence-electron chi connectivity index (χ0n) is 16.0. The van der Waals surface area contributed by atoms with Gasteiger partial charge in [-0.3, -0.25) is 19.3 Å². The van der Waals surface area contributed by atoms with E-state index in [9.17, 15) is 18.8 Å². The maximum absolute atomic E-state index is 13.8. The van der Waals surface area contributed by atoms with E-state index in [4.69, 9.17) is 4.42 Å². The molecule has 0 radical (unpaired) electrons. The van der Waals surface area contributed by atoms with E-state index in [1.54, 1.807) is 18.2 Å². The summed E-state index contributed by atoms with van der Waals surface area (Å²) in [5.41, 5.74) is 1.60. The number of halogens is 1. The molecule has 3 aromatic rings. The van der Waals surface area contributed by atoms with Crippen LogP contribution < -0.4 is 5.32 Å². The Balaban J connectivity index is 1.27. The summed E-state index contributed by atoms with van der Waals surface area (Å²) in [6.45, 7) is 0.135. The largest absolute Gasteiger partial charge is 0.431 e. The summed E-state index contributed by atoms with van der Waals surface area (Å²) in [4.78, 5) is 42.1. The van der Waals surface area contributed by atoms with Crippen LogP contribution in [-0.4, -0.2) is 45.8 Å². The molecule has 0 atom stereocenters. The van der Waals surface area contributed by atoms with Crippen molar-refractivity contribution in [2.45, 2.75) is 5.22 Å². The summed E-state index contributed by atoms with van der Waals surface area (Å²) in [5, 5.41) is 2.60. The summed E-state index contributed by atoms with van der Waals surface area (Å²) in [7, 11) is 0. The van der Waals surface area contributed by atoms with Crippen LogP contribution in [0.1, 0.15) is 5.56 Å². The van der Waals surface area contributed by atoms with Gasteiger partial charge in [0.05, 0.1) is 10.7 Å². The molecule has 10 heteroatoms. The number of hydrogen-bond acceptors (Lipinski definition) is 7. The molecule has 1 aliphatic heterocycles. The average Bonchev–Trinajstić information content (AvgIpc) is 3.29. The molecule has 2 aromatic carbocycles. The lowest BCUT2D eigenvalue weighted by atomic mass is 10.2. The van der Waals surface area contributed by atoms with E-state index in [1.807, 2.05) is 18.2 Å². The van der Waals surface area contributed by atoms with Crippen molar-refractivity contribution in [2.75, 3.05) is 18.8 Å². The number of nitrogens with one attached hydrogen (secondary N) is 1. The number of amides is 3. The zero-order chi connectivity index (χ0) is 21.8. The molecule has 31 heavy (non-hydrogen) atoms. The number of thioether (sulfide) groups is 2. The van der Waals surface area contributed by atoms with Gasteiger partial charge in [-0.25, -0.2) is 9.37 Å². The van der Waals surface area contributed by atoms with Crippen LogP contribution in [0.2, 0.25) is 0 Å². The number of benzene rings is 2. The molecule has 1 saturated heterocycles. The number of hydrogen-bond donors (Lipinski definition) is 1. The third-order valence-corrected chi connectivity index (χ3v) is 6.06. The first-order valence-corrected chi connectivity index (χ1v) is 11.1. The fourth-order valence-corrected chi connectivity index (χ4v) is 4.35. The van der Waals surface area contributed by atoms with Crippen LogP contribution in [0.4, 0.5) is 9.18 Å². The monoisotopic (exact) mass is 457 g/mol. The van der Waals surface area contributed by atoms with Crippen molar-refractivity contribution >= 4 is 57.8 Å². The number of carbonyl (C=O) groups excluding carboxylic acids is 3. The van der Waals surface area contributed by atoms with Crippen molar-refractivity contribution < 1.29 is 23.2 Å². The van der Waals surface area contributed by atoms with E-state index in [0.29, 0.717) is 16.3 Å². The van der Waals surface area contributed by atoms with Crippen LogP contribution in [-0.2, 0) is 9.59 Å². The predicted molar refractivity (Wildman–Crippen MR) is 117 cm³/mol. The molecule has 0 aliphatic carbocycles. The second-order valence-corrected chi connectivity index (χ2v) is 8.36. The molecule has 0 spiro atoms. The molecule has 0 saturated carbocycles. The molecule has 7 nitrogen and oxygen atoms in total. The van der Waals surface area contributed by atoms with E-state index in [0.717, 1.165) is 28.4 Å². The van der Waals surface area contributed by atoms with Crippen LogP contribution in [0.3, 0.4) is 0 Å². The van der Waals surface area contributed by atoms with Gasteiger partial charge in [0.1, 0.15) is 11.3 Å². The van der Waals surface area contributed by atoms with E-state index in [-0.39, 0.29) is 35.2 Å². The summed E-state index contributed by atoms with van der Waals surface area (Å²) in [5.74, 6) is -1.17. The fraction of sp³-hybridized carbons (Fsp3) is 0.143. The number of imide groups is 1. The van der Waals surface area contributed by atoms with Crippen LogP contribution >= 0.6 is 23.5 Å². The Kier molecular flexibility index (Phi) is 6.38. The predicted octanol–water partition coefficient (Wildman–Crippen LogP) is 3.91. The Morgan fingerprint density at radius 1 is 1.19 bits per heavy atom. The minimum atomic E-state index is -0.506. The lowest BCUT2D eigenvalue weighted by Gasteiger charge is -2.12. The van der Waals surface area contributed by atoms with E-state index in [1.165, 1.54) is 18.2 Å². The molecule has 4 rings (SSSR count). The van der Waals surface area contributed by atoms with Gasteiger partial charge in [-0.05, 0) is 36.0 Å². The zero-order valence-corrected chi connectivity index (χ0v) is 17.7. The second-order valence-electron chi connectivity index (χ2n) is 6.44. The Bertz CT molecular complexity index is 1160. The maximum atomic E-state index is 13.8. The normalized spacial score (nSPS) is 15.3. The quantitative estimate of drug-likeness (QED) is 0.425. The molecule has 158 valence electrons. The molecule has 2 heterocycles. The van der Waals surface area contributed by atoms with Crippen molar-refractivity contribution in [3.8, 4) is 0 Å². The second kappa shape index (κ2) is 9.36. The first-order valence-electron chi connectivity index (χ1n) is 9.26. The van der Waals surface area contributed by atoms with E-state index >= 15 is 0 Å². The molecule has 3 amide bonds. The number of rotatable bonds is 7. The molecular formula is C21H16FN3O4S2. The number of carbonyl (C=O) groups is 3. The highest BCUT2D eigenvalue weighted by Crippen LogP contribution is 2.32. The van der Waals surface area contributed by atoms with Gasteiger partial charge in [-0.1, -0.05) is 42.1 Å². The van der Waals surface area contributed by atoms with Gasteiger partial charge in [0.15, 0.2) is 5.58 Å². The Hall–Kier alpha value is -3.11. The number of fused-ring (bicyclic) bond motifs is 1. The van der Waals surface area contributed by atoms with Gasteiger partial charge in [-0.2, -0.15) is 0 Å². The van der Waals surface area contributed by atoms with Crippen LogP contribution in [0.15, 0.2) is 63.1 Å². The number of para-hydroxylation sites is 2. The Morgan fingerprint density at radius 2 is 1.97 bits per heavy atom. The summed E-state index contributed by atoms with van der Waals surface area (Å²) < 4.78 is 19.3. The van der Waals surface area contributed by atoms with Gasteiger partial charge in [0, 0.05) is 18.7 Å². The minimum absolute atomic E-state index is 0.0264. The molecule has 1 aliphatic rings. The number of nitrogens with zero attached hydrogens (tertiary/aromatic N) is 2. The van der Waals surface area contributed by atoms with Gasteiger partial charge in [0.2, 0.25) is 5.91 Å². The molecule has 1 fully saturated rings. The number of aromatic nitrogens is 1. The smallest absolute Gasteiger partial charge is 0.293 e. The topological polar surface area (TPSA) is 92.5 Å². The third kappa shape index (κ3) is 4.97. The highest BCUT2D eigenvalue weighted by molar-refractivity contribution is 8.18. The maximum Gasteiger partial charge on any atom is 0.293 e. The molecule has 1 aromatic heterocycles. The fourth-order valence-electron chi connectivity index (χ4n) is 2.82. The molecule has 0 bridgehead atoms. The van der Waals surface area contributed by atoms with Crippen molar-refractivity contribution in [1.82, 2.24) is 15.2 Å². The van der Waals surface area contributed by atoms with E-state index < -0.39 is 17.0 Å². The Morgan fingerprint density at radius 3 is 2.77 bits per heavy atom. The van der Waals surface area contributed by atoms with Gasteiger partial charge in [-0.15, -0.1) is 0 Å². The first kappa shape index (κ1) is 21.1. The van der Waals surface area contributed by atoms with Crippen LogP contribution in [0.25, 0.3) is 17.2 Å². The SMILES string of the molecule is O=C(CSc1nc2ccccc2o1)NCCN1C(=O)SC(=Cc2ccccc2F)C1=O. The van der Waals surface area contributed by atoms with Crippen molar-refractivity contribution in [3.63, 3.8) is 0 Å². The average molecular weight is 458 g/mol. The van der Waals surface area contributed by atoms with Gasteiger partial charge >= 0.3 is 0 Å². The lowest BCUT2D eigenvalue weighted by Crippen LogP contribution is -2.37. The minimum Gasteiger partial charge on any atom is -0.431 e. The van der Waals surface area contributed by atoms with Crippen molar-refractivity contribution in [3.05, 3.63) is 64.8 Å². The third-order valence-electron chi connectivity index (χ3n) is 4.32. The summed E-state index contributed by atoms with van der Waals surface area (Å²) >= 11 is 1.90. The molecule has 0 unspecified atom stereocenters. The molecule has 1 N–H and O–H groups in total. The Labute approximate surface area is 185 Å².